The van der Waals surface area contributed by atoms with E-state index in [4.69, 9.17) is 5.73 Å². The molecule has 0 radical (unpaired) electrons. The lowest BCUT2D eigenvalue weighted by molar-refractivity contribution is -0.139. The third-order valence-electron chi connectivity index (χ3n) is 5.69. The van der Waals surface area contributed by atoms with Crippen molar-refractivity contribution in [1.29, 1.82) is 0 Å². The second-order valence-corrected chi connectivity index (χ2v) is 7.82. The number of carbonyl (C=O) groups is 4. The Labute approximate surface area is 180 Å². The zero-order valence-corrected chi connectivity index (χ0v) is 17.1. The number of benzene rings is 2. The number of hydrogen-bond acceptors (Lipinski definition) is 5. The van der Waals surface area contributed by atoms with Crippen molar-refractivity contribution in [2.75, 3.05) is 23.3 Å². The SMILES string of the molecule is NC(=O)c1ccc(N2CCCC2)c(NC(=O)c2ccc(CN3C(=O)CCC3=O)cc2)c1. The first-order chi connectivity index (χ1) is 14.9. The topological polar surface area (TPSA) is 113 Å². The molecule has 4 rings (SSSR count). The van der Waals surface area contributed by atoms with E-state index in [0.29, 0.717) is 16.8 Å². The quantitative estimate of drug-likeness (QED) is 0.696. The van der Waals surface area contributed by atoms with Crippen LogP contribution in [-0.2, 0) is 16.1 Å². The molecule has 2 aliphatic heterocycles. The van der Waals surface area contributed by atoms with Crippen LogP contribution in [0.2, 0.25) is 0 Å². The van der Waals surface area contributed by atoms with Gasteiger partial charge >= 0.3 is 0 Å². The smallest absolute Gasteiger partial charge is 0.255 e. The van der Waals surface area contributed by atoms with Crippen LogP contribution in [0.15, 0.2) is 42.5 Å². The largest absolute Gasteiger partial charge is 0.370 e. The molecular weight excluding hydrogens is 396 g/mol. The van der Waals surface area contributed by atoms with Crippen molar-refractivity contribution in [2.45, 2.75) is 32.2 Å². The van der Waals surface area contributed by atoms with Crippen LogP contribution in [0.3, 0.4) is 0 Å². The van der Waals surface area contributed by atoms with E-state index in [-0.39, 0.29) is 37.1 Å². The van der Waals surface area contributed by atoms with Crippen molar-refractivity contribution in [3.8, 4) is 0 Å². The lowest BCUT2D eigenvalue weighted by Crippen LogP contribution is -2.28. The van der Waals surface area contributed by atoms with E-state index in [2.05, 4.69) is 10.2 Å². The van der Waals surface area contributed by atoms with Crippen LogP contribution in [0.4, 0.5) is 11.4 Å². The summed E-state index contributed by atoms with van der Waals surface area (Å²) in [6, 6.07) is 11.9. The van der Waals surface area contributed by atoms with Crippen molar-refractivity contribution < 1.29 is 19.2 Å². The molecule has 2 heterocycles. The third kappa shape index (κ3) is 4.42. The molecule has 0 unspecified atom stereocenters. The van der Waals surface area contributed by atoms with Gasteiger partial charge in [0.15, 0.2) is 0 Å². The Bertz CT molecular complexity index is 1030. The van der Waals surface area contributed by atoms with E-state index in [1.165, 1.54) is 4.90 Å². The monoisotopic (exact) mass is 420 g/mol. The highest BCUT2D eigenvalue weighted by atomic mass is 16.2. The number of nitrogens with one attached hydrogen (secondary N) is 1. The van der Waals surface area contributed by atoms with Gasteiger partial charge in [0.25, 0.3) is 5.91 Å². The van der Waals surface area contributed by atoms with Crippen LogP contribution in [0.5, 0.6) is 0 Å². The summed E-state index contributed by atoms with van der Waals surface area (Å²) in [4.78, 5) is 51.5. The first-order valence-corrected chi connectivity index (χ1v) is 10.3. The summed E-state index contributed by atoms with van der Waals surface area (Å²) >= 11 is 0. The van der Waals surface area contributed by atoms with Gasteiger partial charge in [0.1, 0.15) is 0 Å². The van der Waals surface area contributed by atoms with Crippen LogP contribution >= 0.6 is 0 Å². The minimum Gasteiger partial charge on any atom is -0.370 e. The predicted octanol–water partition coefficient (Wildman–Crippen LogP) is 2.29. The van der Waals surface area contributed by atoms with Crippen LogP contribution in [0.1, 0.15) is 52.0 Å². The number of imide groups is 1. The molecule has 2 aliphatic rings. The van der Waals surface area contributed by atoms with Gasteiger partial charge in [0.2, 0.25) is 17.7 Å². The van der Waals surface area contributed by atoms with Gasteiger partial charge in [0, 0.05) is 37.1 Å². The van der Waals surface area contributed by atoms with Crippen molar-refractivity contribution in [2.24, 2.45) is 5.73 Å². The number of anilines is 2. The van der Waals surface area contributed by atoms with E-state index in [1.54, 1.807) is 36.4 Å². The Morgan fingerprint density at radius 1 is 0.903 bits per heavy atom. The zero-order valence-electron chi connectivity index (χ0n) is 17.1. The number of nitrogens with zero attached hydrogens (tertiary/aromatic N) is 2. The molecule has 8 nitrogen and oxygen atoms in total. The van der Waals surface area contributed by atoms with E-state index in [1.807, 2.05) is 6.07 Å². The summed E-state index contributed by atoms with van der Waals surface area (Å²) in [6.07, 6.45) is 2.66. The molecule has 0 aromatic heterocycles. The first kappa shape index (κ1) is 20.6. The first-order valence-electron chi connectivity index (χ1n) is 10.3. The molecule has 0 aliphatic carbocycles. The van der Waals surface area contributed by atoms with Crippen molar-refractivity contribution in [1.82, 2.24) is 4.90 Å². The molecule has 2 aromatic rings. The maximum atomic E-state index is 12.9. The van der Waals surface area contributed by atoms with Crippen LogP contribution < -0.4 is 16.0 Å². The molecule has 0 bridgehead atoms. The van der Waals surface area contributed by atoms with Crippen LogP contribution in [0, 0.1) is 0 Å². The van der Waals surface area contributed by atoms with Crippen LogP contribution in [-0.4, -0.2) is 41.6 Å². The number of rotatable bonds is 6. The van der Waals surface area contributed by atoms with Crippen molar-refractivity contribution in [3.05, 3.63) is 59.2 Å². The molecule has 160 valence electrons. The predicted molar refractivity (Wildman–Crippen MR) is 116 cm³/mol. The molecule has 4 amide bonds. The van der Waals surface area contributed by atoms with Gasteiger partial charge in [-0.15, -0.1) is 0 Å². The maximum Gasteiger partial charge on any atom is 0.255 e. The van der Waals surface area contributed by atoms with Gasteiger partial charge in [-0.2, -0.15) is 0 Å². The standard InChI is InChI=1S/C23H24N4O4/c24-22(30)17-7-8-19(26-11-1-2-12-26)18(13-17)25-23(31)16-5-3-15(4-6-16)14-27-20(28)9-10-21(27)29/h3-8,13H,1-2,9-12,14H2,(H2,24,30)(H,25,31). The minimum atomic E-state index is -0.557. The molecule has 0 saturated carbocycles. The summed E-state index contributed by atoms with van der Waals surface area (Å²) in [6.45, 7) is 1.99. The molecule has 31 heavy (non-hydrogen) atoms. The van der Waals surface area contributed by atoms with E-state index in [9.17, 15) is 19.2 Å². The van der Waals surface area contributed by atoms with Crippen molar-refractivity contribution >= 4 is 35.0 Å². The highest BCUT2D eigenvalue weighted by Gasteiger charge is 2.28. The van der Waals surface area contributed by atoms with Gasteiger partial charge in [-0.25, -0.2) is 0 Å². The lowest BCUT2D eigenvalue weighted by Gasteiger charge is -2.22. The van der Waals surface area contributed by atoms with Crippen molar-refractivity contribution in [3.63, 3.8) is 0 Å². The van der Waals surface area contributed by atoms with E-state index < -0.39 is 5.91 Å². The highest BCUT2D eigenvalue weighted by Crippen LogP contribution is 2.30. The van der Waals surface area contributed by atoms with Gasteiger partial charge in [-0.1, -0.05) is 12.1 Å². The Balaban J connectivity index is 1.51. The Hall–Kier alpha value is -3.68. The molecule has 2 aromatic carbocycles. The average molecular weight is 420 g/mol. The molecule has 0 spiro atoms. The fourth-order valence-electron chi connectivity index (χ4n) is 3.96. The van der Waals surface area contributed by atoms with Gasteiger partial charge in [-0.3, -0.25) is 24.1 Å². The highest BCUT2D eigenvalue weighted by molar-refractivity contribution is 6.07. The van der Waals surface area contributed by atoms with Crippen LogP contribution in [0.25, 0.3) is 0 Å². The number of amides is 4. The summed E-state index contributed by atoms with van der Waals surface area (Å²) < 4.78 is 0. The molecule has 8 heteroatoms. The Morgan fingerprint density at radius 2 is 1.52 bits per heavy atom. The second kappa shape index (κ2) is 8.59. The third-order valence-corrected chi connectivity index (χ3v) is 5.69. The lowest BCUT2D eigenvalue weighted by atomic mass is 10.1. The summed E-state index contributed by atoms with van der Waals surface area (Å²) in [5.41, 5.74) is 8.35. The fourth-order valence-corrected chi connectivity index (χ4v) is 3.96. The Kier molecular flexibility index (Phi) is 5.70. The van der Waals surface area contributed by atoms with E-state index in [0.717, 1.165) is 37.2 Å². The number of carbonyl (C=O) groups excluding carboxylic acids is 4. The molecule has 2 saturated heterocycles. The summed E-state index contributed by atoms with van der Waals surface area (Å²) in [5, 5.41) is 2.90. The number of likely N-dealkylation sites (tertiary alicyclic amines) is 1. The maximum absolute atomic E-state index is 12.9. The Morgan fingerprint density at radius 3 is 2.13 bits per heavy atom. The number of nitrogens with two attached hydrogens (primary N) is 1. The number of hydrogen-bond donors (Lipinski definition) is 2. The van der Waals surface area contributed by atoms with Gasteiger partial charge < -0.3 is 16.0 Å². The second-order valence-electron chi connectivity index (χ2n) is 7.82. The van der Waals surface area contributed by atoms with Gasteiger partial charge in [-0.05, 0) is 48.7 Å². The molecular formula is C23H24N4O4. The average Bonchev–Trinajstić information content (AvgIpc) is 3.40. The minimum absolute atomic E-state index is 0.171. The molecule has 2 fully saturated rings. The number of primary amides is 1. The fraction of sp³-hybridized carbons (Fsp3) is 0.304. The molecule has 0 atom stereocenters. The normalized spacial score (nSPS) is 16.1. The molecule has 3 N–H and O–H groups in total. The van der Waals surface area contributed by atoms with E-state index >= 15 is 0 Å². The van der Waals surface area contributed by atoms with Gasteiger partial charge in [0.05, 0.1) is 17.9 Å². The summed E-state index contributed by atoms with van der Waals surface area (Å²) in [7, 11) is 0. The zero-order chi connectivity index (χ0) is 22.0. The summed E-state index contributed by atoms with van der Waals surface area (Å²) in [5.74, 6) is -1.22.